The zero-order valence-electron chi connectivity index (χ0n) is 11.3. The molecule has 0 bridgehead atoms. The van der Waals surface area contributed by atoms with Crippen molar-refractivity contribution in [3.05, 3.63) is 18.2 Å². The Morgan fingerprint density at radius 3 is 2.68 bits per heavy atom. The molecular formula is C12H20N2O4S. The third-order valence-corrected chi connectivity index (χ3v) is 3.94. The molecule has 0 aliphatic carbocycles. The van der Waals surface area contributed by atoms with Crippen molar-refractivity contribution in [3.63, 3.8) is 0 Å². The van der Waals surface area contributed by atoms with Crippen LogP contribution in [0.2, 0.25) is 0 Å². The lowest BCUT2D eigenvalue weighted by Gasteiger charge is -2.16. The Kier molecular flexibility index (Phi) is 5.59. The van der Waals surface area contributed by atoms with Crippen LogP contribution in [0.15, 0.2) is 23.1 Å². The van der Waals surface area contributed by atoms with E-state index in [1.54, 1.807) is 26.0 Å². The van der Waals surface area contributed by atoms with Gasteiger partial charge in [0, 0.05) is 18.8 Å². The molecule has 0 heterocycles. The first kappa shape index (κ1) is 15.7. The zero-order valence-corrected chi connectivity index (χ0v) is 12.2. The Hall–Kier alpha value is -1.31. The molecule has 1 unspecified atom stereocenters. The minimum Gasteiger partial charge on any atom is -0.492 e. The van der Waals surface area contributed by atoms with Gasteiger partial charge in [0.25, 0.3) is 0 Å². The number of nitrogens with one attached hydrogen (secondary N) is 1. The maximum atomic E-state index is 12.3. The number of sulfonamides is 1. The number of anilines is 1. The molecule has 19 heavy (non-hydrogen) atoms. The Labute approximate surface area is 113 Å². The van der Waals surface area contributed by atoms with Crippen LogP contribution in [0, 0.1) is 0 Å². The first-order chi connectivity index (χ1) is 8.90. The van der Waals surface area contributed by atoms with Gasteiger partial charge in [0.15, 0.2) is 0 Å². The van der Waals surface area contributed by atoms with Gasteiger partial charge in [-0.25, -0.2) is 13.1 Å². The van der Waals surface area contributed by atoms with Crippen molar-refractivity contribution >= 4 is 15.7 Å². The van der Waals surface area contributed by atoms with Gasteiger partial charge in [-0.1, -0.05) is 0 Å². The minimum absolute atomic E-state index is 0.0392. The lowest BCUT2D eigenvalue weighted by atomic mass is 10.3. The van der Waals surface area contributed by atoms with E-state index < -0.39 is 10.0 Å². The fourth-order valence-electron chi connectivity index (χ4n) is 1.62. The van der Waals surface area contributed by atoms with Gasteiger partial charge in [-0.2, -0.15) is 0 Å². The highest BCUT2D eigenvalue weighted by atomic mass is 32.2. The standard InChI is InChI=1S/C12H20N2O4S/c1-4-18-11-6-5-10(13)7-12(11)19(15,16)14-9(2)8-17-3/h5-7,9,14H,4,8,13H2,1-3H3. The second-order valence-electron chi connectivity index (χ2n) is 4.12. The van der Waals surface area contributed by atoms with Gasteiger partial charge in [-0.15, -0.1) is 0 Å². The Morgan fingerprint density at radius 2 is 2.11 bits per heavy atom. The predicted molar refractivity (Wildman–Crippen MR) is 73.7 cm³/mol. The molecule has 0 aliphatic rings. The lowest BCUT2D eigenvalue weighted by Crippen LogP contribution is -2.35. The van der Waals surface area contributed by atoms with Crippen LogP contribution in [0.5, 0.6) is 5.75 Å². The molecule has 1 aromatic carbocycles. The SMILES string of the molecule is CCOc1ccc(N)cc1S(=O)(=O)NC(C)COC. The third-order valence-electron chi connectivity index (χ3n) is 2.33. The van der Waals surface area contributed by atoms with Crippen LogP contribution >= 0.6 is 0 Å². The Morgan fingerprint density at radius 1 is 1.42 bits per heavy atom. The van der Waals surface area contributed by atoms with Crippen LogP contribution in [0.25, 0.3) is 0 Å². The number of hydrogen-bond acceptors (Lipinski definition) is 5. The molecule has 0 aliphatic heterocycles. The Balaban J connectivity index is 3.08. The van der Waals surface area contributed by atoms with E-state index in [2.05, 4.69) is 4.72 Å². The van der Waals surface area contributed by atoms with Crippen LogP contribution < -0.4 is 15.2 Å². The minimum atomic E-state index is -3.69. The molecule has 1 aromatic rings. The molecular weight excluding hydrogens is 268 g/mol. The van der Waals surface area contributed by atoms with Crippen LogP contribution in [0.3, 0.4) is 0 Å². The summed E-state index contributed by atoms with van der Waals surface area (Å²) in [6.45, 7) is 4.16. The fourth-order valence-corrected chi connectivity index (χ4v) is 3.03. The molecule has 3 N–H and O–H groups in total. The van der Waals surface area contributed by atoms with Crippen molar-refractivity contribution in [2.75, 3.05) is 26.1 Å². The number of ether oxygens (including phenoxy) is 2. The van der Waals surface area contributed by atoms with E-state index in [0.717, 1.165) is 0 Å². The number of hydrogen-bond donors (Lipinski definition) is 2. The van der Waals surface area contributed by atoms with E-state index in [1.165, 1.54) is 13.2 Å². The predicted octanol–water partition coefficient (Wildman–Crippen LogP) is 0.981. The summed E-state index contributed by atoms with van der Waals surface area (Å²) in [4.78, 5) is 0.0392. The zero-order chi connectivity index (χ0) is 14.5. The average molecular weight is 288 g/mol. The maximum absolute atomic E-state index is 12.3. The lowest BCUT2D eigenvalue weighted by molar-refractivity contribution is 0.180. The maximum Gasteiger partial charge on any atom is 0.244 e. The first-order valence-corrected chi connectivity index (χ1v) is 7.42. The highest BCUT2D eigenvalue weighted by Crippen LogP contribution is 2.26. The van der Waals surface area contributed by atoms with Gasteiger partial charge in [0.05, 0.1) is 13.2 Å². The molecule has 7 heteroatoms. The first-order valence-electron chi connectivity index (χ1n) is 5.94. The van der Waals surface area contributed by atoms with Crippen molar-refractivity contribution in [1.82, 2.24) is 4.72 Å². The van der Waals surface area contributed by atoms with Crippen molar-refractivity contribution in [2.24, 2.45) is 0 Å². The van der Waals surface area contributed by atoms with E-state index in [4.69, 9.17) is 15.2 Å². The second kappa shape index (κ2) is 6.74. The molecule has 108 valence electrons. The summed E-state index contributed by atoms with van der Waals surface area (Å²) >= 11 is 0. The normalized spacial score (nSPS) is 13.2. The van der Waals surface area contributed by atoms with Gasteiger partial charge in [-0.3, -0.25) is 0 Å². The molecule has 0 fully saturated rings. The molecule has 1 rings (SSSR count). The van der Waals surface area contributed by atoms with E-state index >= 15 is 0 Å². The number of nitrogen functional groups attached to an aromatic ring is 1. The van der Waals surface area contributed by atoms with Crippen molar-refractivity contribution in [3.8, 4) is 5.75 Å². The number of benzene rings is 1. The summed E-state index contributed by atoms with van der Waals surface area (Å²) in [5.74, 6) is 0.286. The van der Waals surface area contributed by atoms with Gasteiger partial charge in [0.2, 0.25) is 10.0 Å². The van der Waals surface area contributed by atoms with Crippen LogP contribution in [-0.4, -0.2) is 34.8 Å². The number of nitrogens with two attached hydrogens (primary N) is 1. The van der Waals surface area contributed by atoms with Gasteiger partial charge >= 0.3 is 0 Å². The highest BCUT2D eigenvalue weighted by Gasteiger charge is 2.22. The van der Waals surface area contributed by atoms with Crippen LogP contribution in [0.1, 0.15) is 13.8 Å². The number of methoxy groups -OCH3 is 1. The molecule has 0 amide bonds. The smallest absolute Gasteiger partial charge is 0.244 e. The summed E-state index contributed by atoms with van der Waals surface area (Å²) < 4.78 is 37.3. The van der Waals surface area contributed by atoms with E-state index in [1.807, 2.05) is 0 Å². The van der Waals surface area contributed by atoms with Gasteiger partial charge in [-0.05, 0) is 32.0 Å². The molecule has 0 aromatic heterocycles. The van der Waals surface area contributed by atoms with Crippen molar-refractivity contribution in [2.45, 2.75) is 24.8 Å². The summed E-state index contributed by atoms with van der Waals surface area (Å²) in [6, 6.07) is 4.19. The van der Waals surface area contributed by atoms with E-state index in [-0.39, 0.29) is 23.3 Å². The summed E-state index contributed by atoms with van der Waals surface area (Å²) in [7, 11) is -2.18. The molecule has 0 radical (unpaired) electrons. The second-order valence-corrected chi connectivity index (χ2v) is 5.80. The largest absolute Gasteiger partial charge is 0.492 e. The average Bonchev–Trinajstić information content (AvgIpc) is 2.31. The van der Waals surface area contributed by atoms with Crippen LogP contribution in [-0.2, 0) is 14.8 Å². The quantitative estimate of drug-likeness (QED) is 0.730. The van der Waals surface area contributed by atoms with Gasteiger partial charge in [0.1, 0.15) is 10.6 Å². The monoisotopic (exact) mass is 288 g/mol. The highest BCUT2D eigenvalue weighted by molar-refractivity contribution is 7.89. The summed E-state index contributed by atoms with van der Waals surface area (Å²) in [5.41, 5.74) is 6.00. The topological polar surface area (TPSA) is 90.7 Å². The van der Waals surface area contributed by atoms with Gasteiger partial charge < -0.3 is 15.2 Å². The van der Waals surface area contributed by atoms with E-state index in [0.29, 0.717) is 12.3 Å². The molecule has 0 spiro atoms. The Bertz CT molecular complexity index is 516. The summed E-state index contributed by atoms with van der Waals surface area (Å²) in [6.07, 6.45) is 0. The number of rotatable bonds is 7. The molecule has 0 saturated heterocycles. The van der Waals surface area contributed by atoms with Crippen LogP contribution in [0.4, 0.5) is 5.69 Å². The molecule has 0 saturated carbocycles. The van der Waals surface area contributed by atoms with E-state index in [9.17, 15) is 8.42 Å². The fraction of sp³-hybridized carbons (Fsp3) is 0.500. The molecule has 6 nitrogen and oxygen atoms in total. The third kappa shape index (κ3) is 4.38. The van der Waals surface area contributed by atoms with Crippen molar-refractivity contribution in [1.29, 1.82) is 0 Å². The van der Waals surface area contributed by atoms with Crippen molar-refractivity contribution < 1.29 is 17.9 Å². The molecule has 1 atom stereocenters. The summed E-state index contributed by atoms with van der Waals surface area (Å²) in [5, 5.41) is 0.